The maximum atomic E-state index is 12.4. The van der Waals surface area contributed by atoms with Crippen molar-refractivity contribution in [2.45, 2.75) is 17.1 Å². The normalized spacial score (nSPS) is 20.2. The lowest BCUT2D eigenvalue weighted by atomic mass is 10.0. The number of esters is 1. The molecular formula is C13H15NO4S2. The molecule has 1 saturated heterocycles. The van der Waals surface area contributed by atoms with Crippen molar-refractivity contribution < 1.29 is 17.9 Å². The number of hydrogen-bond acceptors (Lipinski definition) is 5. The van der Waals surface area contributed by atoms with Crippen molar-refractivity contribution in [1.82, 2.24) is 4.31 Å². The van der Waals surface area contributed by atoms with Gasteiger partial charge in [-0.25, -0.2) is 8.42 Å². The summed E-state index contributed by atoms with van der Waals surface area (Å²) in [6, 6.07) is 3.26. The highest BCUT2D eigenvalue weighted by Gasteiger charge is 2.34. The smallest absolute Gasteiger partial charge is 0.311 e. The van der Waals surface area contributed by atoms with Crippen molar-refractivity contribution in [1.29, 1.82) is 0 Å². The van der Waals surface area contributed by atoms with Crippen molar-refractivity contribution in [3.8, 4) is 12.3 Å². The Labute approximate surface area is 122 Å². The average molecular weight is 313 g/mol. The Kier molecular flexibility index (Phi) is 4.81. The highest BCUT2D eigenvalue weighted by molar-refractivity contribution is 7.91. The molecule has 20 heavy (non-hydrogen) atoms. The van der Waals surface area contributed by atoms with Crippen LogP contribution in [0.4, 0.5) is 0 Å². The third-order valence-electron chi connectivity index (χ3n) is 3.10. The van der Waals surface area contributed by atoms with Crippen molar-refractivity contribution >= 4 is 27.3 Å². The number of carbonyl (C=O) groups is 1. The average Bonchev–Trinajstić information content (AvgIpc) is 2.99. The second-order valence-corrected chi connectivity index (χ2v) is 7.56. The molecule has 1 atom stereocenters. The summed E-state index contributed by atoms with van der Waals surface area (Å²) in [7, 11) is -3.50. The predicted octanol–water partition coefficient (Wildman–Crippen LogP) is 1.33. The van der Waals surface area contributed by atoms with E-state index in [0.717, 1.165) is 0 Å². The molecule has 1 aliphatic heterocycles. The number of nitrogens with zero attached hydrogens (tertiary/aromatic N) is 1. The summed E-state index contributed by atoms with van der Waals surface area (Å²) in [5.41, 5.74) is 0. The Morgan fingerprint density at radius 3 is 3.05 bits per heavy atom. The molecule has 7 heteroatoms. The van der Waals surface area contributed by atoms with Crippen LogP contribution in [0.15, 0.2) is 21.7 Å². The monoisotopic (exact) mass is 313 g/mol. The molecule has 0 aromatic carbocycles. The number of rotatable bonds is 4. The maximum Gasteiger partial charge on any atom is 0.311 e. The Morgan fingerprint density at radius 2 is 2.40 bits per heavy atom. The van der Waals surface area contributed by atoms with Crippen molar-refractivity contribution in [2.75, 3.05) is 19.7 Å². The molecular weight excluding hydrogens is 298 g/mol. The van der Waals surface area contributed by atoms with Gasteiger partial charge in [-0.05, 0) is 24.3 Å². The molecule has 0 spiro atoms. The Morgan fingerprint density at radius 1 is 1.60 bits per heavy atom. The fourth-order valence-corrected chi connectivity index (χ4v) is 4.79. The minimum Gasteiger partial charge on any atom is -0.452 e. The standard InChI is InChI=1S/C13H15NO4S2/c1-2-8-18-13(15)11-5-3-7-14(10-11)20(16,17)12-6-4-9-19-12/h1,4,6,9,11H,3,5,7-8,10H2/t11-/m0/s1. The minimum absolute atomic E-state index is 0.0764. The van der Waals surface area contributed by atoms with E-state index in [4.69, 9.17) is 11.2 Å². The third-order valence-corrected chi connectivity index (χ3v) is 6.34. The zero-order valence-corrected chi connectivity index (χ0v) is 12.5. The van der Waals surface area contributed by atoms with Gasteiger partial charge in [0.2, 0.25) is 0 Å². The third kappa shape index (κ3) is 3.20. The summed E-state index contributed by atoms with van der Waals surface area (Å²) in [5.74, 6) is 1.37. The first-order valence-electron chi connectivity index (χ1n) is 6.19. The van der Waals surface area contributed by atoms with E-state index in [1.54, 1.807) is 17.5 Å². The summed E-state index contributed by atoms with van der Waals surface area (Å²) < 4.78 is 31.3. The largest absolute Gasteiger partial charge is 0.452 e. The molecule has 0 saturated carbocycles. The van der Waals surface area contributed by atoms with Gasteiger partial charge in [-0.2, -0.15) is 4.31 Å². The van der Waals surface area contributed by atoms with Crippen molar-refractivity contribution in [2.24, 2.45) is 5.92 Å². The molecule has 108 valence electrons. The van der Waals surface area contributed by atoms with Crippen LogP contribution in [0.25, 0.3) is 0 Å². The van der Waals surface area contributed by atoms with Gasteiger partial charge >= 0.3 is 5.97 Å². The molecule has 5 nitrogen and oxygen atoms in total. The van der Waals surface area contributed by atoms with Gasteiger partial charge in [0.15, 0.2) is 6.61 Å². The van der Waals surface area contributed by atoms with Gasteiger partial charge in [0.1, 0.15) is 4.21 Å². The first kappa shape index (κ1) is 15.0. The molecule has 1 aromatic rings. The fraction of sp³-hybridized carbons (Fsp3) is 0.462. The van der Waals surface area contributed by atoms with Gasteiger partial charge in [-0.15, -0.1) is 17.8 Å². The quantitative estimate of drug-likeness (QED) is 0.621. The van der Waals surface area contributed by atoms with Crippen LogP contribution < -0.4 is 0 Å². The lowest BCUT2D eigenvalue weighted by molar-refractivity contribution is -0.148. The predicted molar refractivity (Wildman–Crippen MR) is 75.6 cm³/mol. The number of terminal acetylenes is 1. The summed E-state index contributed by atoms with van der Waals surface area (Å²) in [4.78, 5) is 11.8. The Balaban J connectivity index is 2.08. The molecule has 0 unspecified atom stereocenters. The van der Waals surface area contributed by atoms with E-state index < -0.39 is 21.9 Å². The molecule has 1 aromatic heterocycles. The minimum atomic E-state index is -3.50. The van der Waals surface area contributed by atoms with Crippen LogP contribution in [0, 0.1) is 18.3 Å². The number of piperidine rings is 1. The number of ether oxygens (including phenoxy) is 1. The van der Waals surface area contributed by atoms with Crippen LogP contribution in [-0.4, -0.2) is 38.4 Å². The SMILES string of the molecule is C#CCOC(=O)[C@H]1CCCN(S(=O)(=O)c2cccs2)C1. The second kappa shape index (κ2) is 6.39. The van der Waals surface area contributed by atoms with E-state index in [1.807, 2.05) is 0 Å². The summed E-state index contributed by atoms with van der Waals surface area (Å²) in [5, 5.41) is 1.72. The summed E-state index contributed by atoms with van der Waals surface area (Å²) in [6.45, 7) is 0.510. The lowest BCUT2D eigenvalue weighted by Gasteiger charge is -2.30. The second-order valence-electron chi connectivity index (χ2n) is 4.45. The zero-order valence-electron chi connectivity index (χ0n) is 10.8. The molecule has 2 rings (SSSR count). The molecule has 1 aliphatic rings. The van der Waals surface area contributed by atoms with Gasteiger partial charge in [0, 0.05) is 13.1 Å². The van der Waals surface area contributed by atoms with Gasteiger partial charge in [-0.3, -0.25) is 4.79 Å². The van der Waals surface area contributed by atoms with E-state index in [2.05, 4.69) is 5.92 Å². The topological polar surface area (TPSA) is 63.7 Å². The van der Waals surface area contributed by atoms with Crippen LogP contribution in [0.3, 0.4) is 0 Å². The maximum absolute atomic E-state index is 12.4. The molecule has 0 bridgehead atoms. The van der Waals surface area contributed by atoms with Crippen LogP contribution in [0.5, 0.6) is 0 Å². The molecule has 0 radical (unpaired) electrons. The first-order valence-corrected chi connectivity index (χ1v) is 8.51. The van der Waals surface area contributed by atoms with Crippen LogP contribution in [0.2, 0.25) is 0 Å². The van der Waals surface area contributed by atoms with E-state index in [-0.39, 0.29) is 13.2 Å². The Hall–Kier alpha value is -1.36. The van der Waals surface area contributed by atoms with E-state index in [1.165, 1.54) is 15.6 Å². The van der Waals surface area contributed by atoms with E-state index >= 15 is 0 Å². The first-order chi connectivity index (χ1) is 9.55. The molecule has 1 fully saturated rings. The summed E-state index contributed by atoms with van der Waals surface area (Å²) >= 11 is 1.17. The van der Waals surface area contributed by atoms with Crippen molar-refractivity contribution in [3.05, 3.63) is 17.5 Å². The highest BCUT2D eigenvalue weighted by atomic mass is 32.2. The van der Waals surface area contributed by atoms with E-state index in [9.17, 15) is 13.2 Å². The Bertz CT molecular complexity index is 601. The van der Waals surface area contributed by atoms with Gasteiger partial charge in [0.25, 0.3) is 10.0 Å². The number of sulfonamides is 1. The number of thiophene rings is 1. The molecule has 0 N–H and O–H groups in total. The van der Waals surface area contributed by atoms with Crippen LogP contribution in [0.1, 0.15) is 12.8 Å². The van der Waals surface area contributed by atoms with E-state index in [0.29, 0.717) is 23.6 Å². The van der Waals surface area contributed by atoms with Gasteiger partial charge in [-0.1, -0.05) is 12.0 Å². The number of hydrogen-bond donors (Lipinski definition) is 0. The molecule has 0 amide bonds. The highest BCUT2D eigenvalue weighted by Crippen LogP contribution is 2.26. The molecule has 2 heterocycles. The number of carbonyl (C=O) groups excluding carboxylic acids is 1. The van der Waals surface area contributed by atoms with Gasteiger partial charge in [0.05, 0.1) is 5.92 Å². The fourth-order valence-electron chi connectivity index (χ4n) is 2.12. The zero-order chi connectivity index (χ0) is 14.6. The lowest BCUT2D eigenvalue weighted by Crippen LogP contribution is -2.42. The van der Waals surface area contributed by atoms with Crippen LogP contribution in [-0.2, 0) is 19.6 Å². The van der Waals surface area contributed by atoms with Gasteiger partial charge < -0.3 is 4.74 Å². The van der Waals surface area contributed by atoms with Crippen LogP contribution >= 0.6 is 11.3 Å². The molecule has 0 aliphatic carbocycles. The summed E-state index contributed by atoms with van der Waals surface area (Å²) in [6.07, 6.45) is 6.30. The van der Waals surface area contributed by atoms with Crippen molar-refractivity contribution in [3.63, 3.8) is 0 Å².